The van der Waals surface area contributed by atoms with Gasteiger partial charge in [-0.25, -0.2) is 17.2 Å². The van der Waals surface area contributed by atoms with Crippen LogP contribution in [0.4, 0.5) is 20.2 Å². The molecule has 0 aliphatic heterocycles. The van der Waals surface area contributed by atoms with Crippen molar-refractivity contribution < 1.29 is 26.7 Å². The molecule has 0 saturated carbocycles. The van der Waals surface area contributed by atoms with Crippen molar-refractivity contribution in [2.24, 2.45) is 0 Å². The van der Waals surface area contributed by atoms with Crippen LogP contribution in [0, 0.1) is 11.6 Å². The Bertz CT molecular complexity index is 1180. The molecule has 3 aromatic rings. The molecule has 0 bridgehead atoms. The summed E-state index contributed by atoms with van der Waals surface area (Å²) >= 11 is 0. The number of benzene rings is 3. The van der Waals surface area contributed by atoms with Crippen molar-refractivity contribution in [1.29, 1.82) is 0 Å². The van der Waals surface area contributed by atoms with Gasteiger partial charge in [0.05, 0.1) is 17.7 Å². The molecule has 1 amide bonds. The van der Waals surface area contributed by atoms with E-state index in [4.69, 9.17) is 4.74 Å². The summed E-state index contributed by atoms with van der Waals surface area (Å²) in [5.41, 5.74) is 0.473. The highest BCUT2D eigenvalue weighted by atomic mass is 32.2. The Morgan fingerprint density at radius 3 is 2.30 bits per heavy atom. The molecule has 0 aromatic heterocycles. The van der Waals surface area contributed by atoms with Crippen LogP contribution < -0.4 is 14.4 Å². The van der Waals surface area contributed by atoms with Crippen LogP contribution in [0.15, 0.2) is 71.6 Å². The molecule has 3 aromatic carbocycles. The number of halogens is 2. The number of carbonyl (C=O) groups excluding carboxylic acids is 1. The van der Waals surface area contributed by atoms with Crippen LogP contribution in [-0.4, -0.2) is 28.5 Å². The van der Waals surface area contributed by atoms with Crippen LogP contribution in [0.5, 0.6) is 5.75 Å². The minimum Gasteiger partial charge on any atom is -0.497 e. The zero-order valence-corrected chi connectivity index (χ0v) is 16.9. The average Bonchev–Trinajstić information content (AvgIpc) is 2.75. The fourth-order valence-corrected chi connectivity index (χ4v) is 3.85. The highest BCUT2D eigenvalue weighted by Gasteiger charge is 2.22. The first kappa shape index (κ1) is 21.3. The van der Waals surface area contributed by atoms with E-state index in [1.54, 1.807) is 0 Å². The lowest BCUT2D eigenvalue weighted by Gasteiger charge is -2.20. The second kappa shape index (κ2) is 8.50. The maximum Gasteiger partial charge on any atom is 0.264 e. The Morgan fingerprint density at radius 1 is 0.967 bits per heavy atom. The first-order valence-electron chi connectivity index (χ1n) is 8.72. The standard InChI is InChI=1S/C21H18F2N2O4S/c1-25(30(27,28)18-9-7-17(29-2)8-10-18)16-5-3-4-14(12-16)21(26)24-15-6-11-19(22)20(23)13-15/h3-13H,1-2H3,(H,24,26). The quantitative estimate of drug-likeness (QED) is 0.638. The zero-order chi connectivity index (χ0) is 21.9. The summed E-state index contributed by atoms with van der Waals surface area (Å²) in [7, 11) is -1.03. The van der Waals surface area contributed by atoms with Crippen molar-refractivity contribution in [3.8, 4) is 5.75 Å². The number of amides is 1. The fourth-order valence-electron chi connectivity index (χ4n) is 2.66. The van der Waals surface area contributed by atoms with Gasteiger partial charge in [0, 0.05) is 24.4 Å². The van der Waals surface area contributed by atoms with Crippen molar-refractivity contribution in [3.63, 3.8) is 0 Å². The highest BCUT2D eigenvalue weighted by Crippen LogP contribution is 2.25. The molecule has 0 radical (unpaired) electrons. The third-order valence-corrected chi connectivity index (χ3v) is 6.17. The second-order valence-corrected chi connectivity index (χ2v) is 8.25. The van der Waals surface area contributed by atoms with Gasteiger partial charge in [-0.1, -0.05) is 6.07 Å². The predicted molar refractivity (Wildman–Crippen MR) is 109 cm³/mol. The molecular formula is C21H18F2N2O4S. The van der Waals surface area contributed by atoms with Crippen LogP contribution in [0.3, 0.4) is 0 Å². The molecule has 0 spiro atoms. The Labute approximate surface area is 172 Å². The molecule has 6 nitrogen and oxygen atoms in total. The normalized spacial score (nSPS) is 11.1. The van der Waals surface area contributed by atoms with Crippen molar-refractivity contribution >= 4 is 27.3 Å². The topological polar surface area (TPSA) is 75.7 Å². The van der Waals surface area contributed by atoms with E-state index in [0.717, 1.165) is 16.4 Å². The average molecular weight is 432 g/mol. The number of rotatable bonds is 6. The summed E-state index contributed by atoms with van der Waals surface area (Å²) in [4.78, 5) is 12.5. The summed E-state index contributed by atoms with van der Waals surface area (Å²) in [5.74, 6) is -2.20. The molecule has 0 heterocycles. The first-order valence-corrected chi connectivity index (χ1v) is 10.2. The maximum atomic E-state index is 13.3. The molecule has 156 valence electrons. The van der Waals surface area contributed by atoms with Gasteiger partial charge < -0.3 is 10.1 Å². The van der Waals surface area contributed by atoms with E-state index in [9.17, 15) is 22.0 Å². The van der Waals surface area contributed by atoms with E-state index in [1.165, 1.54) is 68.8 Å². The van der Waals surface area contributed by atoms with Gasteiger partial charge in [-0.2, -0.15) is 0 Å². The Morgan fingerprint density at radius 2 is 1.67 bits per heavy atom. The van der Waals surface area contributed by atoms with Gasteiger partial charge in [0.15, 0.2) is 11.6 Å². The number of hydrogen-bond donors (Lipinski definition) is 1. The van der Waals surface area contributed by atoms with E-state index in [1.807, 2.05) is 0 Å². The van der Waals surface area contributed by atoms with Crippen molar-refractivity contribution in [2.75, 3.05) is 23.8 Å². The number of ether oxygens (including phenoxy) is 1. The number of nitrogens with one attached hydrogen (secondary N) is 1. The third kappa shape index (κ3) is 4.41. The van der Waals surface area contributed by atoms with Gasteiger partial charge in [0.25, 0.3) is 15.9 Å². The van der Waals surface area contributed by atoms with E-state index in [-0.39, 0.29) is 21.8 Å². The molecule has 9 heteroatoms. The number of hydrogen-bond acceptors (Lipinski definition) is 4. The summed E-state index contributed by atoms with van der Waals surface area (Å²) < 4.78 is 58.2. The summed E-state index contributed by atoms with van der Waals surface area (Å²) in [6, 6.07) is 14.8. The fraction of sp³-hybridized carbons (Fsp3) is 0.0952. The van der Waals surface area contributed by atoms with E-state index in [2.05, 4.69) is 5.32 Å². The van der Waals surface area contributed by atoms with Gasteiger partial charge in [0.2, 0.25) is 0 Å². The molecule has 0 unspecified atom stereocenters. The summed E-state index contributed by atoms with van der Waals surface area (Å²) in [6.45, 7) is 0. The van der Waals surface area contributed by atoms with Gasteiger partial charge in [0.1, 0.15) is 5.75 Å². The van der Waals surface area contributed by atoms with Crippen molar-refractivity contribution in [3.05, 3.63) is 83.9 Å². The monoisotopic (exact) mass is 432 g/mol. The van der Waals surface area contributed by atoms with Crippen LogP contribution in [0.2, 0.25) is 0 Å². The zero-order valence-electron chi connectivity index (χ0n) is 16.1. The smallest absolute Gasteiger partial charge is 0.264 e. The number of nitrogens with zero attached hydrogens (tertiary/aromatic N) is 1. The van der Waals surface area contributed by atoms with Crippen molar-refractivity contribution in [2.45, 2.75) is 4.90 Å². The molecule has 0 saturated heterocycles. The largest absolute Gasteiger partial charge is 0.497 e. The molecule has 1 N–H and O–H groups in total. The molecule has 0 atom stereocenters. The Hall–Kier alpha value is -3.46. The summed E-state index contributed by atoms with van der Waals surface area (Å²) in [5, 5.41) is 2.45. The van der Waals surface area contributed by atoms with Gasteiger partial charge in [-0.05, 0) is 54.6 Å². The lowest BCUT2D eigenvalue weighted by Crippen LogP contribution is -2.26. The SMILES string of the molecule is COc1ccc(S(=O)(=O)N(C)c2cccc(C(=O)Nc3ccc(F)c(F)c3)c2)cc1. The van der Waals surface area contributed by atoms with E-state index >= 15 is 0 Å². The van der Waals surface area contributed by atoms with Crippen molar-refractivity contribution in [1.82, 2.24) is 0 Å². The van der Waals surface area contributed by atoms with Crippen LogP contribution in [0.1, 0.15) is 10.4 Å². The number of anilines is 2. The van der Waals surface area contributed by atoms with Crippen LogP contribution in [0.25, 0.3) is 0 Å². The lowest BCUT2D eigenvalue weighted by molar-refractivity contribution is 0.102. The predicted octanol–water partition coefficient (Wildman–Crippen LogP) is 4.05. The number of carbonyl (C=O) groups is 1. The minimum absolute atomic E-state index is 0.0578. The van der Waals surface area contributed by atoms with E-state index in [0.29, 0.717) is 5.75 Å². The molecule has 30 heavy (non-hydrogen) atoms. The molecule has 0 aliphatic rings. The number of sulfonamides is 1. The van der Waals surface area contributed by atoms with Gasteiger partial charge in [-0.3, -0.25) is 9.10 Å². The van der Waals surface area contributed by atoms with Gasteiger partial charge >= 0.3 is 0 Å². The Kier molecular flexibility index (Phi) is 6.02. The lowest BCUT2D eigenvalue weighted by atomic mass is 10.2. The van der Waals surface area contributed by atoms with Gasteiger partial charge in [-0.15, -0.1) is 0 Å². The maximum absolute atomic E-state index is 13.3. The second-order valence-electron chi connectivity index (χ2n) is 6.28. The van der Waals surface area contributed by atoms with Crippen LogP contribution >= 0.6 is 0 Å². The minimum atomic E-state index is -3.87. The third-order valence-electron chi connectivity index (χ3n) is 4.37. The molecule has 3 rings (SSSR count). The van der Waals surface area contributed by atoms with Crippen LogP contribution in [-0.2, 0) is 10.0 Å². The molecule has 0 aliphatic carbocycles. The first-order chi connectivity index (χ1) is 14.2. The molecule has 0 fully saturated rings. The Balaban J connectivity index is 1.84. The summed E-state index contributed by atoms with van der Waals surface area (Å²) in [6.07, 6.45) is 0. The highest BCUT2D eigenvalue weighted by molar-refractivity contribution is 7.92. The number of methoxy groups -OCH3 is 1. The molecular weight excluding hydrogens is 414 g/mol. The van der Waals surface area contributed by atoms with E-state index < -0.39 is 27.6 Å².